The van der Waals surface area contributed by atoms with E-state index in [2.05, 4.69) is 15.9 Å². The van der Waals surface area contributed by atoms with Crippen LogP contribution in [0, 0.1) is 17.1 Å². The minimum atomic E-state index is -3.79. The second-order valence-electron chi connectivity index (χ2n) is 4.36. The molecule has 2 aromatic carbocycles. The van der Waals surface area contributed by atoms with Crippen molar-refractivity contribution in [2.75, 3.05) is 5.73 Å². The number of nitriles is 1. The van der Waals surface area contributed by atoms with Crippen LogP contribution < -0.4 is 5.73 Å². The summed E-state index contributed by atoms with van der Waals surface area (Å²) in [7, 11) is -3.79. The van der Waals surface area contributed by atoms with Crippen LogP contribution in [0.25, 0.3) is 0 Å². The van der Waals surface area contributed by atoms with Crippen molar-refractivity contribution >= 4 is 31.5 Å². The van der Waals surface area contributed by atoms with Crippen LogP contribution in [0.15, 0.2) is 45.8 Å². The Morgan fingerprint density at radius 3 is 2.57 bits per heavy atom. The lowest BCUT2D eigenvalue weighted by Gasteiger charge is -2.09. The molecule has 2 rings (SSSR count). The summed E-state index contributed by atoms with van der Waals surface area (Å²) in [6, 6.07) is 9.93. The number of nitrogens with two attached hydrogens (primary N) is 1. The van der Waals surface area contributed by atoms with E-state index in [4.69, 9.17) is 11.0 Å². The van der Waals surface area contributed by atoms with Gasteiger partial charge in [-0.25, -0.2) is 12.8 Å². The van der Waals surface area contributed by atoms with Gasteiger partial charge in [-0.2, -0.15) is 5.26 Å². The molecule has 7 heteroatoms. The summed E-state index contributed by atoms with van der Waals surface area (Å²) in [5.41, 5.74) is 5.91. The quantitative estimate of drug-likeness (QED) is 0.843. The number of nitrogens with zero attached hydrogens (tertiary/aromatic N) is 1. The Morgan fingerprint density at radius 1 is 1.24 bits per heavy atom. The first-order valence-electron chi connectivity index (χ1n) is 5.80. The van der Waals surface area contributed by atoms with Gasteiger partial charge in [0.25, 0.3) is 0 Å². The van der Waals surface area contributed by atoms with Crippen molar-refractivity contribution in [3.63, 3.8) is 0 Å². The zero-order valence-electron chi connectivity index (χ0n) is 10.7. The smallest absolute Gasteiger partial charge is 0.184 e. The van der Waals surface area contributed by atoms with Crippen molar-refractivity contribution in [2.45, 2.75) is 10.6 Å². The minimum Gasteiger partial charge on any atom is -0.398 e. The maximum absolute atomic E-state index is 13.8. The summed E-state index contributed by atoms with van der Waals surface area (Å²) in [6.45, 7) is 0. The summed E-state index contributed by atoms with van der Waals surface area (Å²) in [6.07, 6.45) is 0. The SMILES string of the molecule is N#Cc1ccc(CS(=O)(=O)c2cc(Br)ccc2N)c(F)c1. The second-order valence-corrected chi connectivity index (χ2v) is 7.23. The highest BCUT2D eigenvalue weighted by atomic mass is 79.9. The van der Waals surface area contributed by atoms with Gasteiger partial charge < -0.3 is 5.73 Å². The van der Waals surface area contributed by atoms with E-state index >= 15 is 0 Å². The van der Waals surface area contributed by atoms with Gasteiger partial charge in [-0.15, -0.1) is 0 Å². The number of benzene rings is 2. The topological polar surface area (TPSA) is 84.0 Å². The summed E-state index contributed by atoms with van der Waals surface area (Å²) in [4.78, 5) is -0.0550. The fourth-order valence-electron chi connectivity index (χ4n) is 1.79. The molecule has 21 heavy (non-hydrogen) atoms. The third kappa shape index (κ3) is 3.40. The van der Waals surface area contributed by atoms with Crippen molar-refractivity contribution in [1.29, 1.82) is 5.26 Å². The predicted octanol–water partition coefficient (Wildman–Crippen LogP) is 3.02. The van der Waals surface area contributed by atoms with Crippen molar-refractivity contribution in [3.05, 3.63) is 57.8 Å². The summed E-state index contributed by atoms with van der Waals surface area (Å²) in [5.74, 6) is -1.25. The first-order valence-corrected chi connectivity index (χ1v) is 8.24. The van der Waals surface area contributed by atoms with Gasteiger partial charge in [0.05, 0.1) is 28.0 Å². The minimum absolute atomic E-state index is 0.00613. The van der Waals surface area contributed by atoms with E-state index in [1.54, 1.807) is 12.1 Å². The third-order valence-corrected chi connectivity index (χ3v) is 5.05. The first-order chi connectivity index (χ1) is 9.83. The van der Waals surface area contributed by atoms with Crippen molar-refractivity contribution in [3.8, 4) is 6.07 Å². The van der Waals surface area contributed by atoms with Gasteiger partial charge in [-0.3, -0.25) is 0 Å². The van der Waals surface area contributed by atoms with Crippen LogP contribution >= 0.6 is 15.9 Å². The van der Waals surface area contributed by atoms with Gasteiger partial charge in [0, 0.05) is 10.0 Å². The van der Waals surface area contributed by atoms with Crippen LogP contribution in [0.1, 0.15) is 11.1 Å². The molecule has 0 aliphatic rings. The van der Waals surface area contributed by atoms with Crippen molar-refractivity contribution in [1.82, 2.24) is 0 Å². The molecule has 0 radical (unpaired) electrons. The molecule has 0 saturated carbocycles. The van der Waals surface area contributed by atoms with Gasteiger partial charge in [-0.05, 0) is 30.3 Å². The molecule has 0 aromatic heterocycles. The summed E-state index contributed by atoms with van der Waals surface area (Å²) in [5, 5.41) is 8.67. The Balaban J connectivity index is 2.43. The summed E-state index contributed by atoms with van der Waals surface area (Å²) >= 11 is 3.18. The standard InChI is InChI=1S/C14H10BrFN2O2S/c15-11-3-4-13(18)14(6-11)21(19,20)8-10-2-1-9(7-17)5-12(10)16/h1-6H,8,18H2. The molecule has 0 amide bonds. The molecular formula is C14H10BrFN2O2S. The number of anilines is 1. The van der Waals surface area contributed by atoms with E-state index in [0.717, 1.165) is 6.07 Å². The van der Waals surface area contributed by atoms with E-state index in [1.807, 2.05) is 0 Å². The molecule has 0 heterocycles. The molecule has 0 unspecified atom stereocenters. The Morgan fingerprint density at radius 2 is 1.95 bits per heavy atom. The lowest BCUT2D eigenvalue weighted by Crippen LogP contribution is -2.09. The normalized spacial score (nSPS) is 11.1. The van der Waals surface area contributed by atoms with Gasteiger partial charge >= 0.3 is 0 Å². The van der Waals surface area contributed by atoms with E-state index in [1.165, 1.54) is 24.3 Å². The number of hydrogen-bond donors (Lipinski definition) is 1. The van der Waals surface area contributed by atoms with Gasteiger partial charge in [0.1, 0.15) is 5.82 Å². The van der Waals surface area contributed by atoms with Crippen LogP contribution in [0.2, 0.25) is 0 Å². The lowest BCUT2D eigenvalue weighted by atomic mass is 10.1. The highest BCUT2D eigenvalue weighted by Crippen LogP contribution is 2.26. The fraction of sp³-hybridized carbons (Fsp3) is 0.0714. The molecule has 0 spiro atoms. The van der Waals surface area contributed by atoms with Crippen molar-refractivity contribution < 1.29 is 12.8 Å². The van der Waals surface area contributed by atoms with Crippen LogP contribution in [0.5, 0.6) is 0 Å². The van der Waals surface area contributed by atoms with E-state index in [-0.39, 0.29) is 21.7 Å². The molecule has 0 atom stereocenters. The largest absolute Gasteiger partial charge is 0.398 e. The molecule has 0 fully saturated rings. The highest BCUT2D eigenvalue weighted by Gasteiger charge is 2.20. The second kappa shape index (κ2) is 5.84. The molecule has 2 aromatic rings. The predicted molar refractivity (Wildman–Crippen MR) is 80.6 cm³/mol. The lowest BCUT2D eigenvalue weighted by molar-refractivity contribution is 0.587. The zero-order chi connectivity index (χ0) is 15.6. The molecule has 0 bridgehead atoms. The number of rotatable bonds is 3. The number of nitrogen functional groups attached to an aromatic ring is 1. The van der Waals surface area contributed by atoms with Gasteiger partial charge in [0.15, 0.2) is 9.84 Å². The number of halogens is 2. The third-order valence-electron chi connectivity index (χ3n) is 2.84. The van der Waals surface area contributed by atoms with E-state index in [9.17, 15) is 12.8 Å². The molecule has 0 saturated heterocycles. The van der Waals surface area contributed by atoms with Crippen molar-refractivity contribution in [2.24, 2.45) is 0 Å². The first kappa shape index (κ1) is 15.5. The van der Waals surface area contributed by atoms with Crippen LogP contribution in [0.3, 0.4) is 0 Å². The van der Waals surface area contributed by atoms with E-state index < -0.39 is 21.4 Å². The molecule has 2 N–H and O–H groups in total. The average Bonchev–Trinajstić information content (AvgIpc) is 2.43. The van der Waals surface area contributed by atoms with Crippen LogP contribution in [-0.4, -0.2) is 8.42 Å². The molecule has 0 aliphatic heterocycles. The number of sulfone groups is 1. The Hall–Kier alpha value is -1.91. The van der Waals surface area contributed by atoms with E-state index in [0.29, 0.717) is 4.47 Å². The van der Waals surface area contributed by atoms with Crippen LogP contribution in [0.4, 0.5) is 10.1 Å². The average molecular weight is 369 g/mol. The van der Waals surface area contributed by atoms with Gasteiger partial charge in [0.2, 0.25) is 0 Å². The molecule has 108 valence electrons. The Labute approximate surface area is 130 Å². The fourth-order valence-corrected chi connectivity index (χ4v) is 3.84. The molecule has 4 nitrogen and oxygen atoms in total. The Kier molecular flexibility index (Phi) is 4.30. The zero-order valence-corrected chi connectivity index (χ0v) is 13.1. The molecular weight excluding hydrogens is 359 g/mol. The van der Waals surface area contributed by atoms with Gasteiger partial charge in [-0.1, -0.05) is 22.0 Å². The summed E-state index contributed by atoms with van der Waals surface area (Å²) < 4.78 is 39.1. The number of hydrogen-bond acceptors (Lipinski definition) is 4. The maximum atomic E-state index is 13.8. The Bertz CT molecular complexity index is 845. The monoisotopic (exact) mass is 368 g/mol. The maximum Gasteiger partial charge on any atom is 0.184 e. The molecule has 0 aliphatic carbocycles. The highest BCUT2D eigenvalue weighted by molar-refractivity contribution is 9.10. The van der Waals surface area contributed by atoms with Crippen LogP contribution in [-0.2, 0) is 15.6 Å².